The molecule has 0 saturated carbocycles. The second-order valence-electron chi connectivity index (χ2n) is 5.34. The number of hydrogen-bond donors (Lipinski definition) is 0. The standard InChI is InChI=1S/C18H22O3/c1-13(5-4-6-18(19)21-3)14-7-8-16-12-17(20-2)10-9-15(16)11-14/h7-13H,4-6H2,1-3H3. The summed E-state index contributed by atoms with van der Waals surface area (Å²) in [5.74, 6) is 1.18. The summed E-state index contributed by atoms with van der Waals surface area (Å²) in [7, 11) is 3.11. The van der Waals surface area contributed by atoms with E-state index < -0.39 is 0 Å². The fraction of sp³-hybridized carbons (Fsp3) is 0.389. The first kappa shape index (κ1) is 15.4. The van der Waals surface area contributed by atoms with Crippen molar-refractivity contribution in [2.75, 3.05) is 14.2 Å². The number of carbonyl (C=O) groups is 1. The highest BCUT2D eigenvalue weighted by Crippen LogP contribution is 2.27. The van der Waals surface area contributed by atoms with Gasteiger partial charge in [-0.1, -0.05) is 31.2 Å². The molecule has 0 amide bonds. The summed E-state index contributed by atoms with van der Waals surface area (Å²) in [6.45, 7) is 2.20. The van der Waals surface area contributed by atoms with E-state index in [4.69, 9.17) is 4.74 Å². The van der Waals surface area contributed by atoms with Crippen LogP contribution in [0.1, 0.15) is 37.7 Å². The van der Waals surface area contributed by atoms with Gasteiger partial charge in [0.1, 0.15) is 5.75 Å². The van der Waals surface area contributed by atoms with Crippen LogP contribution in [0.15, 0.2) is 36.4 Å². The zero-order valence-electron chi connectivity index (χ0n) is 12.9. The van der Waals surface area contributed by atoms with Gasteiger partial charge in [0, 0.05) is 6.42 Å². The Balaban J connectivity index is 2.06. The minimum absolute atomic E-state index is 0.132. The van der Waals surface area contributed by atoms with Gasteiger partial charge in [-0.3, -0.25) is 4.79 Å². The van der Waals surface area contributed by atoms with Crippen LogP contribution < -0.4 is 4.74 Å². The molecular weight excluding hydrogens is 264 g/mol. The molecule has 2 aromatic rings. The molecule has 0 aromatic heterocycles. The van der Waals surface area contributed by atoms with E-state index in [0.29, 0.717) is 12.3 Å². The molecule has 0 aliphatic carbocycles. The van der Waals surface area contributed by atoms with E-state index >= 15 is 0 Å². The molecule has 0 bridgehead atoms. The summed E-state index contributed by atoms with van der Waals surface area (Å²) in [6, 6.07) is 12.6. The van der Waals surface area contributed by atoms with Gasteiger partial charge in [0.25, 0.3) is 0 Å². The molecule has 0 aliphatic rings. The van der Waals surface area contributed by atoms with Gasteiger partial charge in [0.2, 0.25) is 0 Å². The lowest BCUT2D eigenvalue weighted by molar-refractivity contribution is -0.140. The number of methoxy groups -OCH3 is 2. The molecule has 0 N–H and O–H groups in total. The van der Waals surface area contributed by atoms with Gasteiger partial charge in [-0.05, 0) is 47.2 Å². The van der Waals surface area contributed by atoms with E-state index in [1.54, 1.807) is 7.11 Å². The maximum atomic E-state index is 11.1. The van der Waals surface area contributed by atoms with Crippen LogP contribution in [0.25, 0.3) is 10.8 Å². The van der Waals surface area contributed by atoms with Crippen molar-refractivity contribution in [2.24, 2.45) is 0 Å². The Morgan fingerprint density at radius 3 is 2.52 bits per heavy atom. The van der Waals surface area contributed by atoms with Crippen molar-refractivity contribution in [1.82, 2.24) is 0 Å². The second kappa shape index (κ2) is 7.11. The van der Waals surface area contributed by atoms with Gasteiger partial charge in [-0.25, -0.2) is 0 Å². The lowest BCUT2D eigenvalue weighted by atomic mass is 9.93. The van der Waals surface area contributed by atoms with Gasteiger partial charge >= 0.3 is 5.97 Å². The Kier molecular flexibility index (Phi) is 5.20. The van der Waals surface area contributed by atoms with Crippen molar-refractivity contribution in [1.29, 1.82) is 0 Å². The zero-order valence-corrected chi connectivity index (χ0v) is 12.9. The molecule has 2 rings (SSSR count). The summed E-state index contributed by atoms with van der Waals surface area (Å²) >= 11 is 0. The van der Waals surface area contributed by atoms with Crippen molar-refractivity contribution in [3.05, 3.63) is 42.0 Å². The topological polar surface area (TPSA) is 35.5 Å². The van der Waals surface area contributed by atoms with E-state index in [2.05, 4.69) is 35.9 Å². The maximum Gasteiger partial charge on any atom is 0.305 e. The molecule has 0 spiro atoms. The average Bonchev–Trinajstić information content (AvgIpc) is 2.53. The highest BCUT2D eigenvalue weighted by molar-refractivity contribution is 5.84. The Morgan fingerprint density at radius 2 is 1.81 bits per heavy atom. The lowest BCUT2D eigenvalue weighted by Gasteiger charge is -2.13. The van der Waals surface area contributed by atoms with Gasteiger partial charge in [0.05, 0.1) is 14.2 Å². The fourth-order valence-corrected chi connectivity index (χ4v) is 2.50. The molecule has 0 saturated heterocycles. The number of esters is 1. The third kappa shape index (κ3) is 3.97. The van der Waals surface area contributed by atoms with Crippen molar-refractivity contribution in [2.45, 2.75) is 32.1 Å². The van der Waals surface area contributed by atoms with E-state index in [0.717, 1.165) is 18.6 Å². The van der Waals surface area contributed by atoms with Crippen molar-refractivity contribution >= 4 is 16.7 Å². The van der Waals surface area contributed by atoms with E-state index in [1.807, 2.05) is 12.1 Å². The largest absolute Gasteiger partial charge is 0.497 e. The van der Waals surface area contributed by atoms with Gasteiger partial charge < -0.3 is 9.47 Å². The molecular formula is C18H22O3. The van der Waals surface area contributed by atoms with Crippen LogP contribution in [-0.4, -0.2) is 20.2 Å². The van der Waals surface area contributed by atoms with Crippen LogP contribution in [0.2, 0.25) is 0 Å². The van der Waals surface area contributed by atoms with Gasteiger partial charge in [-0.15, -0.1) is 0 Å². The van der Waals surface area contributed by atoms with E-state index in [1.165, 1.54) is 23.4 Å². The van der Waals surface area contributed by atoms with Crippen LogP contribution in [0.3, 0.4) is 0 Å². The smallest absolute Gasteiger partial charge is 0.305 e. The SMILES string of the molecule is COC(=O)CCCC(C)c1ccc2cc(OC)ccc2c1. The average molecular weight is 286 g/mol. The van der Waals surface area contributed by atoms with Gasteiger partial charge in [0.15, 0.2) is 0 Å². The minimum atomic E-state index is -0.132. The summed E-state index contributed by atoms with van der Waals surface area (Å²) in [5.41, 5.74) is 1.30. The first-order valence-corrected chi connectivity index (χ1v) is 7.28. The van der Waals surface area contributed by atoms with E-state index in [-0.39, 0.29) is 5.97 Å². The van der Waals surface area contributed by atoms with Crippen LogP contribution in [0.4, 0.5) is 0 Å². The predicted molar refractivity (Wildman–Crippen MR) is 84.8 cm³/mol. The molecule has 0 aliphatic heterocycles. The first-order chi connectivity index (χ1) is 10.1. The normalized spacial score (nSPS) is 12.1. The second-order valence-corrected chi connectivity index (χ2v) is 5.34. The number of rotatable bonds is 6. The highest BCUT2D eigenvalue weighted by Gasteiger charge is 2.08. The summed E-state index contributed by atoms with van der Waals surface area (Å²) < 4.78 is 9.91. The molecule has 3 heteroatoms. The molecule has 0 fully saturated rings. The molecule has 3 nitrogen and oxygen atoms in total. The predicted octanol–water partition coefficient (Wildman–Crippen LogP) is 4.30. The third-order valence-electron chi connectivity index (χ3n) is 3.89. The summed E-state index contributed by atoms with van der Waals surface area (Å²) in [4.78, 5) is 11.1. The molecule has 1 unspecified atom stereocenters. The molecule has 21 heavy (non-hydrogen) atoms. The highest BCUT2D eigenvalue weighted by atomic mass is 16.5. The number of fused-ring (bicyclic) bond motifs is 1. The van der Waals surface area contributed by atoms with Gasteiger partial charge in [-0.2, -0.15) is 0 Å². The molecule has 0 radical (unpaired) electrons. The third-order valence-corrected chi connectivity index (χ3v) is 3.89. The van der Waals surface area contributed by atoms with Crippen LogP contribution >= 0.6 is 0 Å². The number of benzene rings is 2. The van der Waals surface area contributed by atoms with Crippen LogP contribution in [-0.2, 0) is 9.53 Å². The quantitative estimate of drug-likeness (QED) is 0.743. The van der Waals surface area contributed by atoms with Crippen LogP contribution in [0, 0.1) is 0 Å². The molecule has 0 heterocycles. The zero-order chi connectivity index (χ0) is 15.2. The monoisotopic (exact) mass is 286 g/mol. The molecule has 112 valence electrons. The minimum Gasteiger partial charge on any atom is -0.497 e. The van der Waals surface area contributed by atoms with E-state index in [9.17, 15) is 4.79 Å². The Bertz CT molecular complexity index is 619. The number of hydrogen-bond acceptors (Lipinski definition) is 3. The summed E-state index contributed by atoms with van der Waals surface area (Å²) in [6.07, 6.45) is 2.33. The van der Waals surface area contributed by atoms with Crippen molar-refractivity contribution in [3.63, 3.8) is 0 Å². The fourth-order valence-electron chi connectivity index (χ4n) is 2.50. The number of ether oxygens (including phenoxy) is 2. The molecule has 1 atom stereocenters. The molecule has 2 aromatic carbocycles. The Hall–Kier alpha value is -2.03. The first-order valence-electron chi connectivity index (χ1n) is 7.28. The Labute approximate surface area is 125 Å². The van der Waals surface area contributed by atoms with Crippen molar-refractivity contribution in [3.8, 4) is 5.75 Å². The van der Waals surface area contributed by atoms with Crippen LogP contribution in [0.5, 0.6) is 5.75 Å². The van der Waals surface area contributed by atoms with Crippen molar-refractivity contribution < 1.29 is 14.3 Å². The maximum absolute atomic E-state index is 11.1. The summed E-state index contributed by atoms with van der Waals surface area (Å²) in [5, 5.41) is 2.40. The lowest BCUT2D eigenvalue weighted by Crippen LogP contribution is -2.01. The Morgan fingerprint density at radius 1 is 1.10 bits per heavy atom. The number of carbonyl (C=O) groups excluding carboxylic acids is 1.